The summed E-state index contributed by atoms with van der Waals surface area (Å²) in [7, 11) is 0. The molecule has 6 nitrogen and oxygen atoms in total. The number of benzene rings is 1. The van der Waals surface area contributed by atoms with E-state index >= 15 is 0 Å². The van der Waals surface area contributed by atoms with Crippen LogP contribution in [0.1, 0.15) is 19.4 Å². The summed E-state index contributed by atoms with van der Waals surface area (Å²) in [5.41, 5.74) is 1.16. The van der Waals surface area contributed by atoms with Gasteiger partial charge >= 0.3 is 17.8 Å². The van der Waals surface area contributed by atoms with Gasteiger partial charge in [-0.2, -0.15) is 0 Å². The molecule has 0 aliphatic heterocycles. The maximum absolute atomic E-state index is 11.3. The van der Waals surface area contributed by atoms with Crippen molar-refractivity contribution >= 4 is 23.5 Å². The highest BCUT2D eigenvalue weighted by Gasteiger charge is 2.24. The molecule has 1 aromatic carbocycles. The van der Waals surface area contributed by atoms with E-state index in [1.165, 1.54) is 12.1 Å². The highest BCUT2D eigenvalue weighted by atomic mass is 16.4. The first-order valence-corrected chi connectivity index (χ1v) is 5.75. The van der Waals surface area contributed by atoms with Gasteiger partial charge in [-0.25, -0.2) is 4.79 Å². The second kappa shape index (κ2) is 7.86. The van der Waals surface area contributed by atoms with Crippen LogP contribution in [-0.2, 0) is 14.4 Å². The summed E-state index contributed by atoms with van der Waals surface area (Å²) in [6.45, 7) is 5.14. The third-order valence-electron chi connectivity index (χ3n) is 2.07. The number of hydrogen-bond acceptors (Lipinski definition) is 3. The summed E-state index contributed by atoms with van der Waals surface area (Å²) >= 11 is 0. The van der Waals surface area contributed by atoms with E-state index in [1.807, 2.05) is 20.8 Å². The number of rotatable bonds is 3. The largest absolute Gasteiger partial charge is 0.480 e. The summed E-state index contributed by atoms with van der Waals surface area (Å²) in [5.74, 6) is -4.23. The molecule has 1 rings (SSSR count). The molecule has 6 heteroatoms. The average molecular weight is 267 g/mol. The van der Waals surface area contributed by atoms with E-state index in [-0.39, 0.29) is 5.69 Å². The number of carbonyl (C=O) groups excluding carboxylic acids is 1. The van der Waals surface area contributed by atoms with Crippen LogP contribution in [-0.4, -0.2) is 34.6 Å². The molecule has 0 heterocycles. The minimum absolute atomic E-state index is 0.241. The number of aliphatic carboxylic acids is 2. The molecule has 0 saturated heterocycles. The Morgan fingerprint density at radius 3 is 1.89 bits per heavy atom. The molecule has 0 aliphatic rings. The van der Waals surface area contributed by atoms with Crippen molar-refractivity contribution in [3.63, 3.8) is 0 Å². The zero-order chi connectivity index (χ0) is 15.0. The number of carboxylic acids is 2. The van der Waals surface area contributed by atoms with E-state index in [4.69, 9.17) is 10.2 Å². The lowest BCUT2D eigenvalue weighted by Crippen LogP contribution is -2.40. The van der Waals surface area contributed by atoms with Crippen molar-refractivity contribution in [2.24, 2.45) is 0 Å². The summed E-state index contributed by atoms with van der Waals surface area (Å²) < 4.78 is 0. The molecule has 0 unspecified atom stereocenters. The van der Waals surface area contributed by atoms with Gasteiger partial charge in [-0.3, -0.25) is 14.5 Å². The number of anilines is 1. The van der Waals surface area contributed by atoms with Gasteiger partial charge < -0.3 is 10.2 Å². The predicted octanol–water partition coefficient (Wildman–Crippen LogP) is 1.52. The smallest absolute Gasteiger partial charge is 0.394 e. The Hall–Kier alpha value is -2.37. The lowest BCUT2D eigenvalue weighted by molar-refractivity contribution is -0.149. The van der Waals surface area contributed by atoms with E-state index in [2.05, 4.69) is 0 Å². The summed E-state index contributed by atoms with van der Waals surface area (Å²) in [5, 5.41) is 17.2. The molecule has 0 spiro atoms. The molecule has 1 aromatic rings. The fourth-order valence-electron chi connectivity index (χ4n) is 1.26. The molecule has 0 saturated carbocycles. The van der Waals surface area contributed by atoms with Crippen LogP contribution in [0.2, 0.25) is 0 Å². The Kier molecular flexibility index (Phi) is 6.88. The Morgan fingerprint density at radius 2 is 1.53 bits per heavy atom. The SMILES string of the molecule is CC.Cc1ccc(N(CC(=O)O)C(=O)C(=O)O)cc1. The molecule has 104 valence electrons. The Bertz CT molecular complexity index is 453. The van der Waals surface area contributed by atoms with Gasteiger partial charge in [0.25, 0.3) is 0 Å². The van der Waals surface area contributed by atoms with Crippen molar-refractivity contribution in [3.8, 4) is 0 Å². The Morgan fingerprint density at radius 1 is 1.05 bits per heavy atom. The van der Waals surface area contributed by atoms with Gasteiger partial charge in [0, 0.05) is 5.69 Å². The van der Waals surface area contributed by atoms with Gasteiger partial charge in [0.2, 0.25) is 0 Å². The molecular weight excluding hydrogens is 250 g/mol. The van der Waals surface area contributed by atoms with Crippen LogP contribution in [0.4, 0.5) is 5.69 Å². The van der Waals surface area contributed by atoms with E-state index in [9.17, 15) is 14.4 Å². The lowest BCUT2D eigenvalue weighted by Gasteiger charge is -2.18. The molecule has 19 heavy (non-hydrogen) atoms. The monoisotopic (exact) mass is 267 g/mol. The highest BCUT2D eigenvalue weighted by molar-refractivity contribution is 6.37. The van der Waals surface area contributed by atoms with Gasteiger partial charge in [-0.05, 0) is 19.1 Å². The maximum atomic E-state index is 11.3. The van der Waals surface area contributed by atoms with Gasteiger partial charge in [0.1, 0.15) is 6.54 Å². The third-order valence-corrected chi connectivity index (χ3v) is 2.07. The molecule has 0 aliphatic carbocycles. The Labute approximate surface area is 111 Å². The quantitative estimate of drug-likeness (QED) is 0.810. The fourth-order valence-corrected chi connectivity index (χ4v) is 1.26. The van der Waals surface area contributed by atoms with Crippen LogP contribution in [0, 0.1) is 6.92 Å². The second-order valence-corrected chi connectivity index (χ2v) is 3.43. The number of carboxylic acid groups (broad SMARTS) is 2. The van der Waals surface area contributed by atoms with E-state index < -0.39 is 24.4 Å². The Balaban J connectivity index is 0.00000154. The summed E-state index contributed by atoms with van der Waals surface area (Å²) in [6, 6.07) is 6.33. The molecule has 0 aromatic heterocycles. The third kappa shape index (κ3) is 5.20. The molecule has 0 bridgehead atoms. The van der Waals surface area contributed by atoms with Crippen molar-refractivity contribution in [1.29, 1.82) is 0 Å². The topological polar surface area (TPSA) is 94.9 Å². The molecule has 1 amide bonds. The van der Waals surface area contributed by atoms with Crippen LogP contribution in [0.15, 0.2) is 24.3 Å². The van der Waals surface area contributed by atoms with Crippen molar-refractivity contribution in [3.05, 3.63) is 29.8 Å². The van der Waals surface area contributed by atoms with Gasteiger partial charge in [0.05, 0.1) is 0 Å². The van der Waals surface area contributed by atoms with E-state index in [0.29, 0.717) is 4.90 Å². The number of nitrogens with zero attached hydrogens (tertiary/aromatic N) is 1. The fraction of sp³-hybridized carbons (Fsp3) is 0.308. The lowest BCUT2D eigenvalue weighted by atomic mass is 10.2. The highest BCUT2D eigenvalue weighted by Crippen LogP contribution is 2.15. The van der Waals surface area contributed by atoms with E-state index in [0.717, 1.165) is 5.56 Å². The number of hydrogen-bond donors (Lipinski definition) is 2. The summed E-state index contributed by atoms with van der Waals surface area (Å²) in [6.07, 6.45) is 0. The minimum Gasteiger partial charge on any atom is -0.480 e. The van der Waals surface area contributed by atoms with Crippen LogP contribution < -0.4 is 4.90 Å². The van der Waals surface area contributed by atoms with Crippen molar-refractivity contribution in [2.75, 3.05) is 11.4 Å². The van der Waals surface area contributed by atoms with Gasteiger partial charge in [0.15, 0.2) is 0 Å². The van der Waals surface area contributed by atoms with Crippen LogP contribution in [0.3, 0.4) is 0 Å². The van der Waals surface area contributed by atoms with Crippen LogP contribution >= 0.6 is 0 Å². The first-order valence-electron chi connectivity index (χ1n) is 5.75. The van der Waals surface area contributed by atoms with Gasteiger partial charge in [-0.1, -0.05) is 31.5 Å². The molecule has 0 fully saturated rings. The molecule has 0 radical (unpaired) electrons. The zero-order valence-electron chi connectivity index (χ0n) is 11.1. The second-order valence-electron chi connectivity index (χ2n) is 3.43. The van der Waals surface area contributed by atoms with Crippen LogP contribution in [0.25, 0.3) is 0 Å². The first kappa shape index (κ1) is 16.6. The first-order chi connectivity index (χ1) is 8.91. The van der Waals surface area contributed by atoms with Crippen molar-refractivity contribution in [1.82, 2.24) is 0 Å². The molecule has 2 N–H and O–H groups in total. The predicted molar refractivity (Wildman–Crippen MR) is 70.2 cm³/mol. The van der Waals surface area contributed by atoms with Crippen LogP contribution in [0.5, 0.6) is 0 Å². The number of carbonyl (C=O) groups is 3. The maximum Gasteiger partial charge on any atom is 0.394 e. The zero-order valence-corrected chi connectivity index (χ0v) is 11.1. The number of aryl methyl sites for hydroxylation is 1. The number of amides is 1. The molecule has 0 atom stereocenters. The average Bonchev–Trinajstić information content (AvgIpc) is 2.38. The normalized spacial score (nSPS) is 9.00. The molecular formula is C13H17NO5. The van der Waals surface area contributed by atoms with Gasteiger partial charge in [-0.15, -0.1) is 0 Å². The van der Waals surface area contributed by atoms with Crippen molar-refractivity contribution in [2.45, 2.75) is 20.8 Å². The van der Waals surface area contributed by atoms with Crippen molar-refractivity contribution < 1.29 is 24.6 Å². The summed E-state index contributed by atoms with van der Waals surface area (Å²) in [4.78, 5) is 33.2. The minimum atomic E-state index is -1.69. The van der Waals surface area contributed by atoms with E-state index in [1.54, 1.807) is 12.1 Å². The standard InChI is InChI=1S/C11H11NO5.C2H6/c1-7-2-4-8(5-3-7)12(6-9(13)14)10(15)11(16)17;1-2/h2-5H,6H2,1H3,(H,13,14)(H,16,17);1-2H3.